The molecule has 0 aromatic carbocycles. The van der Waals surface area contributed by atoms with Gasteiger partial charge in [-0.25, -0.2) is 4.98 Å². The maximum absolute atomic E-state index is 12.7. The van der Waals surface area contributed by atoms with Crippen LogP contribution in [0, 0.1) is 0 Å². The largest absolute Gasteiger partial charge is 0.434 e. The summed E-state index contributed by atoms with van der Waals surface area (Å²) in [5, 5.41) is 2.59. The number of alkyl halides is 6. The van der Waals surface area contributed by atoms with Crippen LogP contribution >= 0.6 is 11.3 Å². The Labute approximate surface area is 115 Å². The molecule has 1 rings (SSSR count). The summed E-state index contributed by atoms with van der Waals surface area (Å²) in [6, 6.07) is 0. The van der Waals surface area contributed by atoms with Crippen LogP contribution in [0.2, 0.25) is 0 Å². The normalized spacial score (nSPS) is 12.9. The molecule has 1 heterocycles. The van der Waals surface area contributed by atoms with E-state index in [2.05, 4.69) is 15.0 Å². The number of ether oxygens (including phenoxy) is 1. The molecule has 0 radical (unpaired) electrons. The zero-order chi connectivity index (χ0) is 15.4. The smallest absolute Gasteiger partial charge is 0.365 e. The van der Waals surface area contributed by atoms with E-state index in [1.54, 1.807) is 6.92 Å². The Kier molecular flexibility index (Phi) is 5.78. The predicted octanol–water partition coefficient (Wildman–Crippen LogP) is 3.35. The lowest BCUT2D eigenvalue weighted by atomic mass is 10.3. The van der Waals surface area contributed by atoms with E-state index >= 15 is 0 Å². The van der Waals surface area contributed by atoms with Gasteiger partial charge >= 0.3 is 12.4 Å². The molecular formula is C10H12F6N2OS. The number of rotatable bonds is 6. The highest BCUT2D eigenvalue weighted by molar-refractivity contribution is 7.11. The molecule has 0 aliphatic carbocycles. The summed E-state index contributed by atoms with van der Waals surface area (Å²) in [4.78, 5) is 3.25. The average molecular weight is 322 g/mol. The molecule has 3 nitrogen and oxygen atoms in total. The van der Waals surface area contributed by atoms with E-state index in [4.69, 9.17) is 0 Å². The van der Waals surface area contributed by atoms with Crippen LogP contribution in [-0.2, 0) is 24.1 Å². The SMILES string of the molecule is CCNCc1sc(COCC(F)(F)F)nc1C(F)(F)F. The van der Waals surface area contributed by atoms with Gasteiger partial charge in [-0.2, -0.15) is 26.3 Å². The van der Waals surface area contributed by atoms with Gasteiger partial charge in [0.2, 0.25) is 0 Å². The van der Waals surface area contributed by atoms with Crippen molar-refractivity contribution in [2.24, 2.45) is 0 Å². The quantitative estimate of drug-likeness (QED) is 0.816. The summed E-state index contributed by atoms with van der Waals surface area (Å²) < 4.78 is 78.0. The second-order valence-corrected chi connectivity index (χ2v) is 4.93. The van der Waals surface area contributed by atoms with Crippen LogP contribution in [0.25, 0.3) is 0 Å². The van der Waals surface area contributed by atoms with E-state index in [0.717, 1.165) is 0 Å². The highest BCUT2D eigenvalue weighted by Crippen LogP contribution is 2.34. The molecule has 0 atom stereocenters. The fraction of sp³-hybridized carbons (Fsp3) is 0.700. The molecule has 10 heteroatoms. The molecule has 0 bridgehead atoms. The third-order valence-corrected chi connectivity index (χ3v) is 3.07. The monoisotopic (exact) mass is 322 g/mol. The molecule has 0 spiro atoms. The van der Waals surface area contributed by atoms with E-state index < -0.39 is 31.3 Å². The van der Waals surface area contributed by atoms with Crippen molar-refractivity contribution in [2.45, 2.75) is 32.4 Å². The molecule has 0 fully saturated rings. The molecule has 1 N–H and O–H groups in total. The van der Waals surface area contributed by atoms with Gasteiger partial charge in [0.25, 0.3) is 0 Å². The Balaban J connectivity index is 2.75. The second kappa shape index (κ2) is 6.72. The van der Waals surface area contributed by atoms with E-state index in [-0.39, 0.29) is 16.4 Å². The van der Waals surface area contributed by atoms with Crippen molar-refractivity contribution in [3.05, 3.63) is 15.6 Å². The molecule has 0 aliphatic heterocycles. The van der Waals surface area contributed by atoms with Crippen LogP contribution in [0.1, 0.15) is 22.5 Å². The Bertz CT molecular complexity index is 428. The predicted molar refractivity (Wildman–Crippen MR) is 60.2 cm³/mol. The van der Waals surface area contributed by atoms with Crippen molar-refractivity contribution in [1.82, 2.24) is 10.3 Å². The maximum atomic E-state index is 12.7. The van der Waals surface area contributed by atoms with Crippen molar-refractivity contribution >= 4 is 11.3 Å². The number of halogens is 6. The average Bonchev–Trinajstić information content (AvgIpc) is 2.67. The summed E-state index contributed by atoms with van der Waals surface area (Å²) in [7, 11) is 0. The highest BCUT2D eigenvalue weighted by atomic mass is 32.1. The molecule has 1 aromatic rings. The summed E-state index contributed by atoms with van der Waals surface area (Å²) in [5.74, 6) is 0. The lowest BCUT2D eigenvalue weighted by Crippen LogP contribution is -2.17. The Morgan fingerprint density at radius 2 is 1.85 bits per heavy atom. The van der Waals surface area contributed by atoms with Crippen molar-refractivity contribution in [1.29, 1.82) is 0 Å². The number of nitrogens with zero attached hydrogens (tertiary/aromatic N) is 1. The summed E-state index contributed by atoms with van der Waals surface area (Å²) in [6.07, 6.45) is -9.15. The Morgan fingerprint density at radius 3 is 2.35 bits per heavy atom. The molecular weight excluding hydrogens is 310 g/mol. The highest BCUT2D eigenvalue weighted by Gasteiger charge is 2.37. The summed E-state index contributed by atoms with van der Waals surface area (Å²) >= 11 is 0.691. The molecule has 0 unspecified atom stereocenters. The van der Waals surface area contributed by atoms with Gasteiger partial charge in [0.15, 0.2) is 5.69 Å². The van der Waals surface area contributed by atoms with Gasteiger partial charge in [-0.15, -0.1) is 11.3 Å². The lowest BCUT2D eigenvalue weighted by Gasteiger charge is -2.06. The van der Waals surface area contributed by atoms with Gasteiger partial charge in [-0.05, 0) is 6.54 Å². The first kappa shape index (κ1) is 17.2. The van der Waals surface area contributed by atoms with E-state index in [0.29, 0.717) is 17.9 Å². The van der Waals surface area contributed by atoms with Crippen molar-refractivity contribution in [3.8, 4) is 0 Å². The van der Waals surface area contributed by atoms with Crippen molar-refractivity contribution in [2.75, 3.05) is 13.2 Å². The third kappa shape index (κ3) is 5.63. The molecule has 0 amide bonds. The second-order valence-electron chi connectivity index (χ2n) is 3.77. The first-order chi connectivity index (χ1) is 9.13. The van der Waals surface area contributed by atoms with Crippen LogP contribution in [0.3, 0.4) is 0 Å². The van der Waals surface area contributed by atoms with E-state index in [9.17, 15) is 26.3 Å². The van der Waals surface area contributed by atoms with Crippen LogP contribution in [-0.4, -0.2) is 24.3 Å². The van der Waals surface area contributed by atoms with Crippen LogP contribution in [0.4, 0.5) is 26.3 Å². The minimum atomic E-state index is -4.64. The fourth-order valence-electron chi connectivity index (χ4n) is 1.30. The van der Waals surface area contributed by atoms with E-state index in [1.807, 2.05) is 0 Å². The Hall–Kier alpha value is -0.870. The van der Waals surface area contributed by atoms with Gasteiger partial charge in [-0.3, -0.25) is 0 Å². The lowest BCUT2D eigenvalue weighted by molar-refractivity contribution is -0.176. The summed E-state index contributed by atoms with van der Waals surface area (Å²) in [5.41, 5.74) is -1.07. The van der Waals surface area contributed by atoms with Gasteiger partial charge in [0, 0.05) is 6.54 Å². The van der Waals surface area contributed by atoms with Gasteiger partial charge < -0.3 is 10.1 Å². The number of hydrogen-bond donors (Lipinski definition) is 1. The topological polar surface area (TPSA) is 34.1 Å². The first-order valence-corrected chi connectivity index (χ1v) is 6.36. The first-order valence-electron chi connectivity index (χ1n) is 5.54. The zero-order valence-corrected chi connectivity index (χ0v) is 11.2. The van der Waals surface area contributed by atoms with Crippen molar-refractivity contribution in [3.63, 3.8) is 0 Å². The minimum absolute atomic E-state index is 0.0394. The molecule has 0 saturated carbocycles. The van der Waals surface area contributed by atoms with E-state index in [1.165, 1.54) is 0 Å². The third-order valence-electron chi connectivity index (χ3n) is 2.04. The molecule has 1 aromatic heterocycles. The summed E-state index contributed by atoms with van der Waals surface area (Å²) in [6.45, 7) is 0.0366. The molecule has 0 aliphatic rings. The van der Waals surface area contributed by atoms with Crippen molar-refractivity contribution < 1.29 is 31.1 Å². The van der Waals surface area contributed by atoms with Gasteiger partial charge in [0.1, 0.15) is 11.6 Å². The van der Waals surface area contributed by atoms with Crippen LogP contribution in [0.15, 0.2) is 0 Å². The van der Waals surface area contributed by atoms with Gasteiger partial charge in [0.05, 0.1) is 11.5 Å². The molecule has 20 heavy (non-hydrogen) atoms. The molecule has 0 saturated heterocycles. The molecule has 116 valence electrons. The number of thiazole rings is 1. The van der Waals surface area contributed by atoms with Crippen LogP contribution in [0.5, 0.6) is 0 Å². The number of nitrogens with one attached hydrogen (secondary N) is 1. The standard InChI is InChI=1S/C10H12F6N2OS/c1-2-17-3-6-8(10(14,15)16)18-7(20-6)4-19-5-9(11,12)13/h17H,2-5H2,1H3. The number of aromatic nitrogens is 1. The Morgan fingerprint density at radius 1 is 1.20 bits per heavy atom. The zero-order valence-electron chi connectivity index (χ0n) is 10.4. The fourth-order valence-corrected chi connectivity index (χ4v) is 2.29. The van der Waals surface area contributed by atoms with Crippen LogP contribution < -0.4 is 5.32 Å². The number of hydrogen-bond acceptors (Lipinski definition) is 4. The van der Waals surface area contributed by atoms with Gasteiger partial charge in [-0.1, -0.05) is 6.92 Å². The minimum Gasteiger partial charge on any atom is -0.365 e. The maximum Gasteiger partial charge on any atom is 0.434 e.